The molecule has 0 amide bonds. The van der Waals surface area contributed by atoms with Crippen LogP contribution in [0.4, 0.5) is 0 Å². The Morgan fingerprint density at radius 2 is 1.82 bits per heavy atom. The summed E-state index contributed by atoms with van der Waals surface area (Å²) >= 11 is 0. The van der Waals surface area contributed by atoms with Crippen LogP contribution in [0.2, 0.25) is 0 Å². The van der Waals surface area contributed by atoms with Gasteiger partial charge in [-0.25, -0.2) is 9.59 Å². The molecule has 8 rings (SSSR count). The Morgan fingerprint density at radius 1 is 1.00 bits per heavy atom. The molecule has 1 spiro atoms. The van der Waals surface area contributed by atoms with Gasteiger partial charge in [0.1, 0.15) is 17.3 Å². The number of ether oxygens (including phenoxy) is 2. The number of benzene rings is 1. The molecule has 2 bridgehead atoms. The molecule has 5 aliphatic carbocycles. The maximum atomic E-state index is 14.1. The normalized spacial score (nSPS) is 31.9. The topological polar surface area (TPSA) is 72.8 Å². The molecule has 0 radical (unpaired) electrons. The van der Waals surface area contributed by atoms with E-state index in [0.717, 1.165) is 103 Å². The summed E-state index contributed by atoms with van der Waals surface area (Å²) in [5, 5.41) is 10.5. The third kappa shape index (κ3) is 5.22. The van der Waals surface area contributed by atoms with Crippen LogP contribution in [0.5, 0.6) is 5.75 Å². The number of esters is 2. The predicted octanol–water partition coefficient (Wildman–Crippen LogP) is 9.58. The van der Waals surface area contributed by atoms with E-state index >= 15 is 0 Å². The fraction of sp³-hybridized carbons (Fsp3) is 0.600. The van der Waals surface area contributed by atoms with E-state index in [1.54, 1.807) is 12.1 Å². The van der Waals surface area contributed by atoms with Crippen molar-refractivity contribution in [2.24, 2.45) is 40.9 Å². The van der Waals surface area contributed by atoms with Gasteiger partial charge in [0.25, 0.3) is 0 Å². The number of hydrogen-bond donors (Lipinski definition) is 1. The maximum absolute atomic E-state index is 14.1. The number of aromatic hydroxyl groups is 1. The van der Waals surface area contributed by atoms with E-state index in [2.05, 4.69) is 32.9 Å². The Bertz CT molecular complexity index is 1480. The Balaban J connectivity index is 1.33. The first-order chi connectivity index (χ1) is 21.8. The average Bonchev–Trinajstić information content (AvgIpc) is 3.52. The standard InChI is InChI=1S/C40H50O5/c1-4-25(17-16-24(2)3)22-33-40-21-20-29(34(37(40)39(43)45-33)27-13-9-14-28(41)23-27)30-18-19-31-32(44-38(42)35(31)36(30)40)15-8-12-26-10-6-5-7-11-26/h9,13-15,22-26,29-30,36,41H,4-8,10-12,16-21H2,1-3H3/b32-15?,33-22-/t25-,29+,30-,36+,40+/m0/s1. The first-order valence-electron chi connectivity index (χ1n) is 18.0. The summed E-state index contributed by atoms with van der Waals surface area (Å²) < 4.78 is 12.5. The van der Waals surface area contributed by atoms with Crippen LogP contribution in [-0.4, -0.2) is 17.0 Å². The summed E-state index contributed by atoms with van der Waals surface area (Å²) in [6.45, 7) is 6.73. The Kier molecular flexibility index (Phi) is 8.33. The quantitative estimate of drug-likeness (QED) is 0.282. The van der Waals surface area contributed by atoms with Crippen molar-refractivity contribution in [3.8, 4) is 5.75 Å². The number of cyclic esters (lactones) is 2. The highest BCUT2D eigenvalue weighted by molar-refractivity contribution is 6.06. The molecule has 2 aliphatic heterocycles. The molecule has 240 valence electrons. The van der Waals surface area contributed by atoms with E-state index < -0.39 is 5.41 Å². The van der Waals surface area contributed by atoms with Crippen LogP contribution in [-0.2, 0) is 19.1 Å². The molecule has 1 aromatic rings. The molecule has 5 atom stereocenters. The Labute approximate surface area is 268 Å². The van der Waals surface area contributed by atoms with Crippen molar-refractivity contribution in [1.29, 1.82) is 0 Å². The number of phenols is 1. The van der Waals surface area contributed by atoms with Crippen molar-refractivity contribution in [3.05, 3.63) is 70.2 Å². The van der Waals surface area contributed by atoms with E-state index in [1.807, 2.05) is 12.1 Å². The third-order valence-corrected chi connectivity index (χ3v) is 12.2. The zero-order valence-electron chi connectivity index (χ0n) is 27.4. The second-order valence-corrected chi connectivity index (χ2v) is 15.1. The second-order valence-electron chi connectivity index (χ2n) is 15.1. The molecule has 1 aromatic carbocycles. The molecule has 2 heterocycles. The van der Waals surface area contributed by atoms with Gasteiger partial charge < -0.3 is 14.6 Å². The number of phenolic OH excluding ortho intramolecular Hbond substituents is 1. The van der Waals surface area contributed by atoms with Crippen LogP contribution in [0.3, 0.4) is 0 Å². The minimum absolute atomic E-state index is 0.129. The van der Waals surface area contributed by atoms with Crippen molar-refractivity contribution < 1.29 is 24.2 Å². The van der Waals surface area contributed by atoms with Crippen LogP contribution in [0.25, 0.3) is 5.57 Å². The molecule has 5 nitrogen and oxygen atoms in total. The van der Waals surface area contributed by atoms with E-state index in [4.69, 9.17) is 9.47 Å². The van der Waals surface area contributed by atoms with Gasteiger partial charge in [0.2, 0.25) is 0 Å². The molecular formula is C40H50O5. The molecule has 5 heteroatoms. The first-order valence-corrected chi connectivity index (χ1v) is 18.0. The minimum atomic E-state index is -0.680. The van der Waals surface area contributed by atoms with Crippen molar-refractivity contribution in [2.75, 3.05) is 0 Å². The van der Waals surface area contributed by atoms with Crippen molar-refractivity contribution >= 4 is 17.5 Å². The fourth-order valence-corrected chi connectivity index (χ4v) is 10.0. The molecule has 1 saturated heterocycles. The van der Waals surface area contributed by atoms with Crippen molar-refractivity contribution in [2.45, 2.75) is 111 Å². The number of fused-ring (bicyclic) bond motifs is 1. The predicted molar refractivity (Wildman–Crippen MR) is 175 cm³/mol. The summed E-state index contributed by atoms with van der Waals surface area (Å²) in [4.78, 5) is 28.0. The average molecular weight is 611 g/mol. The highest BCUT2D eigenvalue weighted by Crippen LogP contribution is 2.71. The highest BCUT2D eigenvalue weighted by atomic mass is 16.5. The number of carbonyl (C=O) groups is 2. The summed E-state index contributed by atoms with van der Waals surface area (Å²) in [7, 11) is 0. The van der Waals surface area contributed by atoms with Crippen LogP contribution in [0.15, 0.2) is 64.7 Å². The van der Waals surface area contributed by atoms with Crippen LogP contribution in [0.1, 0.15) is 116 Å². The van der Waals surface area contributed by atoms with Crippen molar-refractivity contribution in [1.82, 2.24) is 0 Å². The summed E-state index contributed by atoms with van der Waals surface area (Å²) in [6.07, 6.45) is 19.9. The van der Waals surface area contributed by atoms with E-state index in [1.165, 1.54) is 32.1 Å². The number of allylic oxidation sites excluding steroid dienone is 5. The lowest BCUT2D eigenvalue weighted by Crippen LogP contribution is -2.52. The maximum Gasteiger partial charge on any atom is 0.340 e. The molecule has 1 N–H and O–H groups in total. The minimum Gasteiger partial charge on any atom is -0.508 e. The van der Waals surface area contributed by atoms with E-state index in [0.29, 0.717) is 11.8 Å². The molecule has 45 heavy (non-hydrogen) atoms. The Hall–Kier alpha value is -3.08. The zero-order chi connectivity index (χ0) is 31.3. The smallest absolute Gasteiger partial charge is 0.340 e. The molecule has 0 aromatic heterocycles. The van der Waals surface area contributed by atoms with Gasteiger partial charge in [0.15, 0.2) is 0 Å². The van der Waals surface area contributed by atoms with Gasteiger partial charge in [-0.3, -0.25) is 0 Å². The van der Waals surface area contributed by atoms with Gasteiger partial charge in [-0.2, -0.15) is 0 Å². The fourth-order valence-electron chi connectivity index (χ4n) is 10.0. The summed E-state index contributed by atoms with van der Waals surface area (Å²) in [6, 6.07) is 7.35. The van der Waals surface area contributed by atoms with Gasteiger partial charge in [-0.15, -0.1) is 0 Å². The van der Waals surface area contributed by atoms with Gasteiger partial charge in [0, 0.05) is 17.1 Å². The van der Waals surface area contributed by atoms with E-state index in [9.17, 15) is 14.7 Å². The Morgan fingerprint density at radius 3 is 2.58 bits per heavy atom. The summed E-state index contributed by atoms with van der Waals surface area (Å²) in [5.41, 5.74) is 3.87. The third-order valence-electron chi connectivity index (χ3n) is 12.2. The monoisotopic (exact) mass is 610 g/mol. The van der Waals surface area contributed by atoms with Gasteiger partial charge >= 0.3 is 11.9 Å². The van der Waals surface area contributed by atoms with Crippen molar-refractivity contribution in [3.63, 3.8) is 0 Å². The lowest BCUT2D eigenvalue weighted by Gasteiger charge is -2.56. The second kappa shape index (κ2) is 12.3. The number of hydrogen-bond acceptors (Lipinski definition) is 5. The number of rotatable bonds is 9. The van der Waals surface area contributed by atoms with Crippen LogP contribution in [0, 0.1) is 40.9 Å². The molecule has 7 aliphatic rings. The first kappa shape index (κ1) is 30.6. The van der Waals surface area contributed by atoms with Gasteiger partial charge in [0.05, 0.1) is 11.0 Å². The number of carbonyl (C=O) groups excluding carboxylic acids is 2. The van der Waals surface area contributed by atoms with Gasteiger partial charge in [-0.05, 0) is 116 Å². The zero-order valence-corrected chi connectivity index (χ0v) is 27.4. The molecular weight excluding hydrogens is 560 g/mol. The largest absolute Gasteiger partial charge is 0.508 e. The van der Waals surface area contributed by atoms with Crippen LogP contribution >= 0.6 is 0 Å². The SMILES string of the molecule is CC[C@H](/C=C1\OC(=O)C2=C(c3cccc(O)c3)[C@@H]3CC[C@@]21[C@H]1C2=C(CC[C@@H]31)C(=CCCC1CCCCC1)OC2=O)CCC(C)C. The summed E-state index contributed by atoms with van der Waals surface area (Å²) in [5.74, 6) is 3.15. The molecule has 2 saturated carbocycles. The lowest BCUT2D eigenvalue weighted by atomic mass is 9.44. The lowest BCUT2D eigenvalue weighted by molar-refractivity contribution is -0.135. The van der Waals surface area contributed by atoms with Crippen LogP contribution < -0.4 is 0 Å². The molecule has 0 unspecified atom stereocenters. The van der Waals surface area contributed by atoms with Gasteiger partial charge in [-0.1, -0.05) is 71.4 Å². The van der Waals surface area contributed by atoms with E-state index in [-0.39, 0.29) is 35.4 Å². The highest BCUT2D eigenvalue weighted by Gasteiger charge is 2.68. The molecule has 3 fully saturated rings.